The number of phosphoric acid groups is 1. The molecule has 2 atom stereocenters. The predicted octanol–water partition coefficient (Wildman–Crippen LogP) is 17.7. The van der Waals surface area contributed by atoms with Crippen LogP contribution in [0.15, 0.2) is 72.9 Å². The lowest BCUT2D eigenvalue weighted by molar-refractivity contribution is -0.161. The Morgan fingerprint density at radius 3 is 1.19 bits per heavy atom. The maximum atomic E-state index is 12.7. The van der Waals surface area contributed by atoms with Crippen LogP contribution in [0.2, 0.25) is 0 Å². The van der Waals surface area contributed by atoms with E-state index in [9.17, 15) is 19.0 Å². The highest BCUT2D eigenvalue weighted by Gasteiger charge is 2.26. The van der Waals surface area contributed by atoms with E-state index < -0.39 is 32.5 Å². The number of hydrogen-bond donors (Lipinski definition) is 2. The van der Waals surface area contributed by atoms with Crippen molar-refractivity contribution in [2.45, 2.75) is 264 Å². The van der Waals surface area contributed by atoms with Gasteiger partial charge in [-0.25, -0.2) is 4.57 Å². The van der Waals surface area contributed by atoms with Gasteiger partial charge in [0.1, 0.15) is 6.61 Å². The summed E-state index contributed by atoms with van der Waals surface area (Å²) in [6.45, 7) is 3.60. The van der Waals surface area contributed by atoms with E-state index in [0.29, 0.717) is 6.42 Å². The summed E-state index contributed by atoms with van der Waals surface area (Å²) >= 11 is 0. The quantitative estimate of drug-likeness (QED) is 0.0264. The number of hydrogen-bond acceptors (Lipinski definition) is 8. The lowest BCUT2D eigenvalue weighted by Gasteiger charge is -2.19. The molecule has 69 heavy (non-hydrogen) atoms. The van der Waals surface area contributed by atoms with Crippen LogP contribution >= 0.6 is 7.82 Å². The second-order valence-corrected chi connectivity index (χ2v) is 20.2. The van der Waals surface area contributed by atoms with Crippen LogP contribution in [0, 0.1) is 0 Å². The van der Waals surface area contributed by atoms with Crippen molar-refractivity contribution in [3.8, 4) is 0 Å². The van der Waals surface area contributed by atoms with E-state index in [2.05, 4.69) is 86.8 Å². The van der Waals surface area contributed by atoms with Crippen molar-refractivity contribution in [2.24, 2.45) is 5.73 Å². The molecule has 9 nitrogen and oxygen atoms in total. The van der Waals surface area contributed by atoms with E-state index in [4.69, 9.17) is 24.3 Å². The molecule has 0 aliphatic carbocycles. The third-order valence-electron chi connectivity index (χ3n) is 12.1. The maximum absolute atomic E-state index is 12.7. The zero-order valence-corrected chi connectivity index (χ0v) is 45.4. The molecule has 0 spiro atoms. The average molecular weight is 988 g/mol. The van der Waals surface area contributed by atoms with E-state index in [1.807, 2.05) is 0 Å². The number of unbranched alkanes of at least 4 members (excludes halogenated alkanes) is 28. The summed E-state index contributed by atoms with van der Waals surface area (Å²) in [5.74, 6) is -0.873. The molecule has 2 unspecified atom stereocenters. The molecule has 0 aromatic carbocycles. The largest absolute Gasteiger partial charge is 0.472 e. The Balaban J connectivity index is 4.01. The zero-order valence-electron chi connectivity index (χ0n) is 44.5. The highest BCUT2D eigenvalue weighted by Crippen LogP contribution is 2.43. The SMILES string of the molecule is CC/C=C\C/C=C\C/C=C\C/C=C\C/C=C\C/C=C\CCCCC(=O)OC(COC(=O)CCCCCCCCCCCCCCCCCCCCCCCCCCCCC)COP(=O)(O)OCCN. The average Bonchev–Trinajstić information content (AvgIpc) is 3.34. The summed E-state index contributed by atoms with van der Waals surface area (Å²) in [5, 5.41) is 0. The molecule has 0 radical (unpaired) electrons. The Kier molecular flexibility index (Phi) is 52.8. The summed E-state index contributed by atoms with van der Waals surface area (Å²) < 4.78 is 33.0. The molecule has 0 saturated heterocycles. The van der Waals surface area contributed by atoms with Crippen molar-refractivity contribution >= 4 is 19.8 Å². The molecule has 0 amide bonds. The first kappa shape index (κ1) is 66.5. The van der Waals surface area contributed by atoms with Gasteiger partial charge in [0.2, 0.25) is 0 Å². The summed E-state index contributed by atoms with van der Waals surface area (Å²) in [4.78, 5) is 35.1. The van der Waals surface area contributed by atoms with Crippen LogP contribution in [0.4, 0.5) is 0 Å². The van der Waals surface area contributed by atoms with Gasteiger partial charge < -0.3 is 20.1 Å². The molecule has 0 aliphatic heterocycles. The fraction of sp³-hybridized carbons (Fsp3) is 0.763. The predicted molar refractivity (Wildman–Crippen MR) is 293 cm³/mol. The van der Waals surface area contributed by atoms with E-state index in [1.54, 1.807) is 0 Å². The van der Waals surface area contributed by atoms with Crippen molar-refractivity contribution in [2.75, 3.05) is 26.4 Å². The summed E-state index contributed by atoms with van der Waals surface area (Å²) in [7, 11) is -4.40. The minimum atomic E-state index is -4.40. The van der Waals surface area contributed by atoms with Crippen LogP contribution in [0.3, 0.4) is 0 Å². The van der Waals surface area contributed by atoms with Gasteiger partial charge >= 0.3 is 19.8 Å². The molecule has 3 N–H and O–H groups in total. The number of allylic oxidation sites excluding steroid dienone is 12. The van der Waals surface area contributed by atoms with Gasteiger partial charge in [0.05, 0.1) is 13.2 Å². The molecule has 0 aliphatic rings. The van der Waals surface area contributed by atoms with Crippen molar-refractivity contribution in [1.29, 1.82) is 0 Å². The molecule has 0 bridgehead atoms. The van der Waals surface area contributed by atoms with Gasteiger partial charge in [0, 0.05) is 19.4 Å². The topological polar surface area (TPSA) is 134 Å². The van der Waals surface area contributed by atoms with Gasteiger partial charge in [-0.1, -0.05) is 254 Å². The highest BCUT2D eigenvalue weighted by molar-refractivity contribution is 7.47. The van der Waals surface area contributed by atoms with Gasteiger partial charge in [-0.3, -0.25) is 18.6 Å². The summed E-state index contributed by atoms with van der Waals surface area (Å²) in [6.07, 6.45) is 69.7. The monoisotopic (exact) mass is 988 g/mol. The fourth-order valence-electron chi connectivity index (χ4n) is 7.93. The van der Waals surface area contributed by atoms with E-state index >= 15 is 0 Å². The van der Waals surface area contributed by atoms with Crippen LogP contribution in [0.1, 0.15) is 258 Å². The summed E-state index contributed by atoms with van der Waals surface area (Å²) in [5.41, 5.74) is 5.37. The van der Waals surface area contributed by atoms with Crippen LogP contribution in [0.5, 0.6) is 0 Å². The van der Waals surface area contributed by atoms with E-state index in [0.717, 1.165) is 70.6 Å². The smallest absolute Gasteiger partial charge is 0.462 e. The second kappa shape index (κ2) is 54.8. The van der Waals surface area contributed by atoms with Gasteiger partial charge in [0.25, 0.3) is 0 Å². The molecule has 400 valence electrons. The van der Waals surface area contributed by atoms with Crippen molar-refractivity contribution in [3.63, 3.8) is 0 Å². The van der Waals surface area contributed by atoms with Crippen LogP contribution in [0.25, 0.3) is 0 Å². The number of nitrogens with two attached hydrogens (primary N) is 1. The van der Waals surface area contributed by atoms with Gasteiger partial charge in [-0.2, -0.15) is 0 Å². The Bertz CT molecular complexity index is 1360. The van der Waals surface area contributed by atoms with Crippen LogP contribution in [-0.2, 0) is 32.7 Å². The van der Waals surface area contributed by atoms with Crippen LogP contribution in [-0.4, -0.2) is 49.3 Å². The molecule has 0 aromatic rings. The molecule has 0 rings (SSSR count). The normalized spacial score (nSPS) is 13.6. The minimum absolute atomic E-state index is 0.0438. The maximum Gasteiger partial charge on any atom is 0.472 e. The van der Waals surface area contributed by atoms with Gasteiger partial charge in [-0.15, -0.1) is 0 Å². The Hall–Kier alpha value is -2.55. The minimum Gasteiger partial charge on any atom is -0.462 e. The molecular weight excluding hydrogens is 882 g/mol. The number of rotatable bonds is 53. The third kappa shape index (κ3) is 54.6. The molecule has 0 saturated carbocycles. The number of esters is 2. The first-order chi connectivity index (χ1) is 33.8. The lowest BCUT2D eigenvalue weighted by Crippen LogP contribution is -2.29. The van der Waals surface area contributed by atoms with E-state index in [-0.39, 0.29) is 32.6 Å². The first-order valence-corrected chi connectivity index (χ1v) is 29.9. The second-order valence-electron chi connectivity index (χ2n) is 18.8. The number of carbonyl (C=O) groups is 2. The fourth-order valence-corrected chi connectivity index (χ4v) is 8.70. The molecule has 0 heterocycles. The standard InChI is InChI=1S/C59H106NO8P/c1-3-5-7-9-11-13-15-17-19-21-23-25-26-27-28-29-30-32-33-35-37-39-41-43-45-47-49-51-58(61)65-55-57(56-67-69(63,64)66-54-53-60)68-59(62)52-50-48-46-44-42-40-38-36-34-31-24-22-20-18-16-14-12-10-8-6-4-2/h6,8,12,14,18,20,24,31,36,38,42,44,57H,3-5,7,9-11,13,15-17,19,21-23,25-30,32-35,37,39-41,43,45-56,60H2,1-2H3,(H,63,64)/b8-6-,14-12-,20-18-,31-24-,38-36-,44-42-. The zero-order chi connectivity index (χ0) is 50.2. The highest BCUT2D eigenvalue weighted by atomic mass is 31.2. The van der Waals surface area contributed by atoms with Crippen molar-refractivity contribution in [3.05, 3.63) is 72.9 Å². The molecular formula is C59H106NO8P. The molecule has 10 heteroatoms. The van der Waals surface area contributed by atoms with Gasteiger partial charge in [0.15, 0.2) is 6.10 Å². The van der Waals surface area contributed by atoms with Crippen molar-refractivity contribution in [1.82, 2.24) is 0 Å². The summed E-state index contributed by atoms with van der Waals surface area (Å²) in [6, 6.07) is 0. The number of carbonyl (C=O) groups excluding carboxylic acids is 2. The Morgan fingerprint density at radius 2 is 0.797 bits per heavy atom. The lowest BCUT2D eigenvalue weighted by atomic mass is 10.0. The molecule has 0 fully saturated rings. The third-order valence-corrected chi connectivity index (χ3v) is 13.1. The van der Waals surface area contributed by atoms with Gasteiger partial charge in [-0.05, 0) is 64.2 Å². The Labute approximate surface area is 424 Å². The molecule has 0 aromatic heterocycles. The van der Waals surface area contributed by atoms with Crippen molar-refractivity contribution < 1.29 is 37.6 Å². The Morgan fingerprint density at radius 1 is 0.449 bits per heavy atom. The number of ether oxygens (including phenoxy) is 2. The first-order valence-electron chi connectivity index (χ1n) is 28.4. The van der Waals surface area contributed by atoms with Crippen LogP contribution < -0.4 is 5.73 Å². The van der Waals surface area contributed by atoms with E-state index in [1.165, 1.54) is 154 Å². The number of phosphoric ester groups is 1.